The van der Waals surface area contributed by atoms with Crippen molar-refractivity contribution < 1.29 is 5.11 Å². The Bertz CT molecular complexity index is 638. The number of aliphatic hydroxyl groups excluding tert-OH is 1. The third-order valence-corrected chi connectivity index (χ3v) is 3.77. The third kappa shape index (κ3) is 1.73. The monoisotopic (exact) mass is 256 g/mol. The number of aryl methyl sites for hydroxylation is 1. The van der Waals surface area contributed by atoms with Crippen molar-refractivity contribution in [2.24, 2.45) is 0 Å². The largest absolute Gasteiger partial charge is 0.394 e. The molecule has 0 saturated heterocycles. The molecule has 0 spiro atoms. The van der Waals surface area contributed by atoms with Gasteiger partial charge >= 0.3 is 0 Å². The normalized spacial score (nSPS) is 13.2. The minimum atomic E-state index is -0.303. The number of aromatic nitrogens is 2. The molecule has 0 fully saturated rings. The van der Waals surface area contributed by atoms with Gasteiger partial charge in [0.25, 0.3) is 5.56 Å². The van der Waals surface area contributed by atoms with Gasteiger partial charge in [-0.25, -0.2) is 0 Å². The molecule has 2 aromatic rings. The lowest BCUT2D eigenvalue weighted by atomic mass is 10.3. The van der Waals surface area contributed by atoms with E-state index in [1.165, 1.54) is 15.9 Å². The standard InChI is InChI=1S/C10H12N2O2S2/c1-5(4-13)12-9(14)8-7(11-10(12)15)3-6(2)16-8/h3,5,13H,4H2,1-2H3,(H,11,15). The lowest BCUT2D eigenvalue weighted by molar-refractivity contribution is 0.235. The van der Waals surface area contributed by atoms with Crippen molar-refractivity contribution in [3.8, 4) is 0 Å². The van der Waals surface area contributed by atoms with Gasteiger partial charge in [-0.2, -0.15) is 0 Å². The van der Waals surface area contributed by atoms with E-state index in [1.54, 1.807) is 6.92 Å². The average Bonchev–Trinajstić information content (AvgIpc) is 2.58. The van der Waals surface area contributed by atoms with Crippen LogP contribution in [0.1, 0.15) is 17.8 Å². The van der Waals surface area contributed by atoms with E-state index in [0.717, 1.165) is 10.4 Å². The number of nitrogens with zero attached hydrogens (tertiary/aromatic N) is 1. The molecule has 0 aromatic carbocycles. The Balaban J connectivity index is 2.85. The van der Waals surface area contributed by atoms with Crippen LogP contribution in [0.4, 0.5) is 0 Å². The summed E-state index contributed by atoms with van der Waals surface area (Å²) in [5.41, 5.74) is 0.650. The summed E-state index contributed by atoms with van der Waals surface area (Å²) in [6.45, 7) is 3.60. The second-order valence-electron chi connectivity index (χ2n) is 3.74. The Morgan fingerprint density at radius 1 is 1.69 bits per heavy atom. The maximum Gasteiger partial charge on any atom is 0.272 e. The number of hydrogen-bond donors (Lipinski definition) is 2. The van der Waals surface area contributed by atoms with Crippen LogP contribution in [0.2, 0.25) is 0 Å². The quantitative estimate of drug-likeness (QED) is 0.808. The van der Waals surface area contributed by atoms with E-state index in [4.69, 9.17) is 17.3 Å². The van der Waals surface area contributed by atoms with Gasteiger partial charge in [-0.3, -0.25) is 9.36 Å². The highest BCUT2D eigenvalue weighted by atomic mass is 32.1. The van der Waals surface area contributed by atoms with Crippen molar-refractivity contribution in [2.45, 2.75) is 19.9 Å². The summed E-state index contributed by atoms with van der Waals surface area (Å²) in [6.07, 6.45) is 0. The highest BCUT2D eigenvalue weighted by molar-refractivity contribution is 7.71. The Morgan fingerprint density at radius 3 is 3.00 bits per heavy atom. The molecule has 0 aliphatic rings. The number of thiophene rings is 1. The first-order valence-corrected chi connectivity index (χ1v) is 6.13. The van der Waals surface area contributed by atoms with Gasteiger partial charge in [0.1, 0.15) is 4.70 Å². The molecule has 2 aromatic heterocycles. The fraction of sp³-hybridized carbons (Fsp3) is 0.400. The van der Waals surface area contributed by atoms with E-state index in [2.05, 4.69) is 4.98 Å². The highest BCUT2D eigenvalue weighted by Crippen LogP contribution is 2.20. The number of aromatic amines is 1. The molecule has 4 nitrogen and oxygen atoms in total. The van der Waals surface area contributed by atoms with Gasteiger partial charge < -0.3 is 10.1 Å². The molecule has 0 saturated carbocycles. The van der Waals surface area contributed by atoms with Crippen LogP contribution in [0.5, 0.6) is 0 Å². The summed E-state index contributed by atoms with van der Waals surface area (Å²) >= 11 is 6.56. The molecule has 6 heteroatoms. The third-order valence-electron chi connectivity index (χ3n) is 2.43. The van der Waals surface area contributed by atoms with Crippen LogP contribution in [-0.4, -0.2) is 21.3 Å². The van der Waals surface area contributed by atoms with Crippen molar-refractivity contribution >= 4 is 33.8 Å². The zero-order valence-electron chi connectivity index (χ0n) is 8.98. The van der Waals surface area contributed by atoms with Gasteiger partial charge in [0, 0.05) is 4.88 Å². The first kappa shape index (κ1) is 11.5. The molecule has 0 amide bonds. The van der Waals surface area contributed by atoms with Gasteiger partial charge in [-0.05, 0) is 32.1 Å². The van der Waals surface area contributed by atoms with Crippen LogP contribution < -0.4 is 5.56 Å². The Kier molecular flexibility index (Phi) is 2.96. The van der Waals surface area contributed by atoms with E-state index in [-0.39, 0.29) is 18.2 Å². The molecule has 0 radical (unpaired) electrons. The first-order chi connectivity index (χ1) is 7.54. The fourth-order valence-corrected chi connectivity index (χ4v) is 2.90. The molecular formula is C10H12N2O2S2. The summed E-state index contributed by atoms with van der Waals surface area (Å²) in [5, 5.41) is 9.10. The average molecular weight is 256 g/mol. The van der Waals surface area contributed by atoms with Crippen molar-refractivity contribution in [1.29, 1.82) is 0 Å². The molecule has 16 heavy (non-hydrogen) atoms. The number of H-pyrrole nitrogens is 1. The molecule has 2 rings (SSSR count). The van der Waals surface area contributed by atoms with Crippen molar-refractivity contribution in [3.63, 3.8) is 0 Å². The lowest BCUT2D eigenvalue weighted by Crippen LogP contribution is -2.26. The molecule has 1 atom stereocenters. The van der Waals surface area contributed by atoms with Gasteiger partial charge in [-0.15, -0.1) is 11.3 Å². The highest BCUT2D eigenvalue weighted by Gasteiger charge is 2.12. The Morgan fingerprint density at radius 2 is 2.38 bits per heavy atom. The van der Waals surface area contributed by atoms with E-state index < -0.39 is 0 Å². The molecule has 0 aliphatic carbocycles. The SMILES string of the molecule is Cc1cc2[nH]c(=S)n(C(C)CO)c(=O)c2s1. The second kappa shape index (κ2) is 4.12. The molecule has 1 unspecified atom stereocenters. The summed E-state index contributed by atoms with van der Waals surface area (Å²) in [4.78, 5) is 16.2. The predicted molar refractivity (Wildman–Crippen MR) is 67.8 cm³/mol. The summed E-state index contributed by atoms with van der Waals surface area (Å²) in [6, 6.07) is 1.61. The minimum absolute atomic E-state index is 0.104. The molecular weight excluding hydrogens is 244 g/mol. The van der Waals surface area contributed by atoms with Gasteiger partial charge in [0.05, 0.1) is 18.2 Å². The minimum Gasteiger partial charge on any atom is -0.394 e. The molecule has 2 N–H and O–H groups in total. The topological polar surface area (TPSA) is 58.0 Å². The fourth-order valence-electron chi connectivity index (χ4n) is 1.62. The van der Waals surface area contributed by atoms with Crippen LogP contribution in [0.15, 0.2) is 10.9 Å². The number of nitrogens with one attached hydrogen (secondary N) is 1. The van der Waals surface area contributed by atoms with Crippen molar-refractivity contribution in [1.82, 2.24) is 9.55 Å². The van der Waals surface area contributed by atoms with Gasteiger partial charge in [-0.1, -0.05) is 0 Å². The lowest BCUT2D eigenvalue weighted by Gasteiger charge is -2.11. The Labute approximate surface area is 101 Å². The summed E-state index contributed by atoms with van der Waals surface area (Å²) < 4.78 is 2.44. The first-order valence-electron chi connectivity index (χ1n) is 4.90. The van der Waals surface area contributed by atoms with Crippen LogP contribution >= 0.6 is 23.6 Å². The molecule has 0 bridgehead atoms. The number of aliphatic hydroxyl groups is 1. The van der Waals surface area contributed by atoms with Crippen LogP contribution in [0.25, 0.3) is 10.2 Å². The van der Waals surface area contributed by atoms with Crippen molar-refractivity contribution in [3.05, 3.63) is 26.1 Å². The van der Waals surface area contributed by atoms with E-state index in [9.17, 15) is 4.79 Å². The van der Waals surface area contributed by atoms with Crippen molar-refractivity contribution in [2.75, 3.05) is 6.61 Å². The van der Waals surface area contributed by atoms with Gasteiger partial charge in [0.2, 0.25) is 0 Å². The molecule has 86 valence electrons. The van der Waals surface area contributed by atoms with Crippen LogP contribution in [-0.2, 0) is 0 Å². The maximum absolute atomic E-state index is 12.1. The molecule has 2 heterocycles. The summed E-state index contributed by atoms with van der Waals surface area (Å²) in [7, 11) is 0. The van der Waals surface area contributed by atoms with Crippen LogP contribution in [0, 0.1) is 11.7 Å². The molecule has 0 aliphatic heterocycles. The maximum atomic E-state index is 12.1. The van der Waals surface area contributed by atoms with Crippen LogP contribution in [0.3, 0.4) is 0 Å². The smallest absolute Gasteiger partial charge is 0.272 e. The Hall–Kier alpha value is -0.980. The number of rotatable bonds is 2. The zero-order valence-corrected chi connectivity index (χ0v) is 10.6. The zero-order chi connectivity index (χ0) is 11.9. The number of hydrogen-bond acceptors (Lipinski definition) is 4. The van der Waals surface area contributed by atoms with E-state index >= 15 is 0 Å². The summed E-state index contributed by atoms with van der Waals surface area (Å²) in [5.74, 6) is 0. The van der Waals surface area contributed by atoms with E-state index in [1.807, 2.05) is 13.0 Å². The van der Waals surface area contributed by atoms with Gasteiger partial charge in [0.15, 0.2) is 4.77 Å². The number of fused-ring (bicyclic) bond motifs is 1. The second-order valence-corrected chi connectivity index (χ2v) is 5.38. The predicted octanol–water partition coefficient (Wildman–Crippen LogP) is 1.98. The van der Waals surface area contributed by atoms with E-state index in [0.29, 0.717) is 9.47 Å².